The molecule has 2 N–H and O–H groups in total. The lowest BCUT2D eigenvalue weighted by Crippen LogP contribution is -2.37. The fourth-order valence-corrected chi connectivity index (χ4v) is 5.22. The van der Waals surface area contributed by atoms with Gasteiger partial charge in [-0.1, -0.05) is 53.6 Å². The molecule has 0 radical (unpaired) electrons. The van der Waals surface area contributed by atoms with Crippen LogP contribution in [0.1, 0.15) is 36.8 Å². The predicted molar refractivity (Wildman–Crippen MR) is 126 cm³/mol. The number of nitrogens with one attached hydrogen (secondary N) is 1. The molecule has 0 spiro atoms. The lowest BCUT2D eigenvalue weighted by Gasteiger charge is -2.22. The lowest BCUT2D eigenvalue weighted by molar-refractivity contribution is -0.137. The van der Waals surface area contributed by atoms with E-state index in [-0.39, 0.29) is 23.4 Å². The normalized spacial score (nSPS) is 19.6. The molecule has 0 bridgehead atoms. The molecule has 0 saturated carbocycles. The van der Waals surface area contributed by atoms with Gasteiger partial charge in [-0.3, -0.25) is 9.69 Å². The lowest BCUT2D eigenvalue weighted by atomic mass is 10.1. The molecule has 2 aromatic rings. The van der Waals surface area contributed by atoms with E-state index in [1.165, 1.54) is 23.3 Å². The summed E-state index contributed by atoms with van der Waals surface area (Å²) in [6.45, 7) is 3.35. The Hall–Kier alpha value is -2.19. The molecule has 1 saturated heterocycles. The number of aliphatic carboxylic acids is 1. The summed E-state index contributed by atoms with van der Waals surface area (Å²) < 4.78 is 28.5. The van der Waals surface area contributed by atoms with E-state index in [1.807, 2.05) is 13.0 Å². The summed E-state index contributed by atoms with van der Waals surface area (Å²) >= 11 is 5.88. The van der Waals surface area contributed by atoms with Gasteiger partial charge < -0.3 is 5.11 Å². The number of carboxylic acid groups (broad SMARTS) is 1. The first-order valence-corrected chi connectivity index (χ1v) is 12.5. The molecule has 8 heteroatoms. The fourth-order valence-electron chi connectivity index (χ4n) is 3.85. The second kappa shape index (κ2) is 11.1. The predicted octanol–water partition coefficient (Wildman–Crippen LogP) is 4.38. The Balaban J connectivity index is 1.69. The van der Waals surface area contributed by atoms with Crippen LogP contribution >= 0.6 is 11.6 Å². The monoisotopic (exact) mass is 476 g/mol. The minimum absolute atomic E-state index is 0.0686. The highest BCUT2D eigenvalue weighted by Crippen LogP contribution is 2.24. The average Bonchev–Trinajstić information content (AvgIpc) is 3.09. The number of hydrogen-bond acceptors (Lipinski definition) is 4. The van der Waals surface area contributed by atoms with Gasteiger partial charge in [0, 0.05) is 36.6 Å². The molecule has 0 aromatic heterocycles. The standard InChI is InChI=1S/C24H29ClN2O4S/c1-18-7-9-19(10-8-18)16-27-17-21(15-22(27)5-3-2-4-6-24(28)29)26-32(30,31)23-13-11-20(25)12-14-23/h3,5,7-14,21-22,26H,2,4,6,15-17H2,1H3,(H,28,29)/b5-3-/t21-,22-/m1/s1. The van der Waals surface area contributed by atoms with Crippen molar-refractivity contribution in [2.45, 2.75) is 56.1 Å². The molecule has 1 fully saturated rings. The maximum atomic E-state index is 12.8. The van der Waals surface area contributed by atoms with Crippen LogP contribution in [0.15, 0.2) is 65.6 Å². The van der Waals surface area contributed by atoms with Gasteiger partial charge in [-0.25, -0.2) is 13.1 Å². The number of nitrogens with zero attached hydrogens (tertiary/aromatic N) is 1. The summed E-state index contributed by atoms with van der Waals surface area (Å²) in [5.74, 6) is -0.795. The molecule has 0 amide bonds. The highest BCUT2D eigenvalue weighted by Gasteiger charge is 2.33. The van der Waals surface area contributed by atoms with Crippen LogP contribution in [-0.4, -0.2) is 43.0 Å². The van der Waals surface area contributed by atoms with Gasteiger partial charge in [0.05, 0.1) is 4.90 Å². The van der Waals surface area contributed by atoms with E-state index >= 15 is 0 Å². The van der Waals surface area contributed by atoms with Gasteiger partial charge in [-0.15, -0.1) is 0 Å². The minimum atomic E-state index is -3.65. The first-order valence-electron chi connectivity index (χ1n) is 10.7. The third-order valence-corrected chi connectivity index (χ3v) is 7.31. The molecular weight excluding hydrogens is 448 g/mol. The van der Waals surface area contributed by atoms with Crippen molar-refractivity contribution in [2.75, 3.05) is 6.54 Å². The maximum absolute atomic E-state index is 12.8. The molecule has 172 valence electrons. The van der Waals surface area contributed by atoms with Crippen molar-refractivity contribution >= 4 is 27.6 Å². The van der Waals surface area contributed by atoms with Crippen LogP contribution in [0.25, 0.3) is 0 Å². The smallest absolute Gasteiger partial charge is 0.303 e. The van der Waals surface area contributed by atoms with Crippen molar-refractivity contribution in [1.82, 2.24) is 9.62 Å². The number of benzene rings is 2. The number of carbonyl (C=O) groups is 1. The van der Waals surface area contributed by atoms with E-state index in [1.54, 1.807) is 12.1 Å². The number of hydrogen-bond donors (Lipinski definition) is 2. The van der Waals surface area contributed by atoms with Crippen LogP contribution in [0.4, 0.5) is 0 Å². The van der Waals surface area contributed by atoms with Crippen molar-refractivity contribution in [3.05, 3.63) is 76.8 Å². The van der Waals surface area contributed by atoms with E-state index in [0.717, 1.165) is 0 Å². The van der Waals surface area contributed by atoms with Crippen molar-refractivity contribution in [3.8, 4) is 0 Å². The summed E-state index contributed by atoms with van der Waals surface area (Å²) in [5.41, 5.74) is 2.36. The second-order valence-electron chi connectivity index (χ2n) is 8.20. The van der Waals surface area contributed by atoms with Crippen LogP contribution in [0.2, 0.25) is 5.02 Å². The van der Waals surface area contributed by atoms with Crippen LogP contribution in [-0.2, 0) is 21.4 Å². The molecule has 0 unspecified atom stereocenters. The van der Waals surface area contributed by atoms with Crippen LogP contribution in [0, 0.1) is 6.92 Å². The number of likely N-dealkylation sites (tertiary alicyclic amines) is 1. The van der Waals surface area contributed by atoms with Crippen LogP contribution in [0.5, 0.6) is 0 Å². The van der Waals surface area contributed by atoms with Gasteiger partial charge in [-0.2, -0.15) is 0 Å². The quantitative estimate of drug-likeness (QED) is 0.392. The zero-order chi connectivity index (χ0) is 23.1. The average molecular weight is 477 g/mol. The highest BCUT2D eigenvalue weighted by atomic mass is 35.5. The molecule has 1 heterocycles. The number of rotatable bonds is 10. The summed E-state index contributed by atoms with van der Waals surface area (Å²) in [6, 6.07) is 14.3. The topological polar surface area (TPSA) is 86.7 Å². The summed E-state index contributed by atoms with van der Waals surface area (Å²) in [5, 5.41) is 9.29. The summed E-state index contributed by atoms with van der Waals surface area (Å²) in [7, 11) is -3.65. The summed E-state index contributed by atoms with van der Waals surface area (Å²) in [6.07, 6.45) is 6.14. The van der Waals surface area contributed by atoms with Crippen molar-refractivity contribution in [3.63, 3.8) is 0 Å². The zero-order valence-electron chi connectivity index (χ0n) is 18.1. The van der Waals surface area contributed by atoms with Gasteiger partial charge in [0.1, 0.15) is 0 Å². The first kappa shape index (κ1) is 24.5. The van der Waals surface area contributed by atoms with E-state index in [4.69, 9.17) is 16.7 Å². The van der Waals surface area contributed by atoms with E-state index < -0.39 is 16.0 Å². The number of aryl methyl sites for hydroxylation is 1. The number of unbranched alkanes of at least 4 members (excludes halogenated alkanes) is 1. The molecule has 2 atom stereocenters. The molecular formula is C24H29ClN2O4S. The van der Waals surface area contributed by atoms with E-state index in [0.29, 0.717) is 37.4 Å². The third kappa shape index (κ3) is 7.17. The highest BCUT2D eigenvalue weighted by molar-refractivity contribution is 7.89. The summed E-state index contributed by atoms with van der Waals surface area (Å²) in [4.78, 5) is 13.2. The van der Waals surface area contributed by atoms with Crippen molar-refractivity contribution < 1.29 is 18.3 Å². The Morgan fingerprint density at radius 2 is 1.88 bits per heavy atom. The van der Waals surface area contributed by atoms with Crippen molar-refractivity contribution in [1.29, 1.82) is 0 Å². The zero-order valence-corrected chi connectivity index (χ0v) is 19.6. The number of halogens is 1. The van der Waals surface area contributed by atoms with Gasteiger partial charge in [0.15, 0.2) is 0 Å². The van der Waals surface area contributed by atoms with Gasteiger partial charge in [0.25, 0.3) is 0 Å². The second-order valence-corrected chi connectivity index (χ2v) is 10.4. The van der Waals surface area contributed by atoms with Gasteiger partial charge in [0.2, 0.25) is 10.0 Å². The Morgan fingerprint density at radius 1 is 1.19 bits per heavy atom. The largest absolute Gasteiger partial charge is 0.481 e. The maximum Gasteiger partial charge on any atom is 0.303 e. The van der Waals surface area contributed by atoms with E-state index in [2.05, 4.69) is 40.0 Å². The molecule has 2 aromatic carbocycles. The molecule has 0 aliphatic carbocycles. The molecule has 3 rings (SSSR count). The Morgan fingerprint density at radius 3 is 2.53 bits per heavy atom. The SMILES string of the molecule is Cc1ccc(CN2C[C@H](NS(=O)(=O)c3ccc(Cl)cc3)C[C@H]2/C=C\CCCC(=O)O)cc1. The number of carboxylic acids is 1. The minimum Gasteiger partial charge on any atom is -0.481 e. The first-order chi connectivity index (χ1) is 15.2. The van der Waals surface area contributed by atoms with E-state index in [9.17, 15) is 13.2 Å². The molecule has 32 heavy (non-hydrogen) atoms. The Labute approximate surface area is 195 Å². The molecule has 6 nitrogen and oxygen atoms in total. The molecule has 1 aliphatic heterocycles. The van der Waals surface area contributed by atoms with Crippen LogP contribution in [0.3, 0.4) is 0 Å². The van der Waals surface area contributed by atoms with Crippen molar-refractivity contribution in [2.24, 2.45) is 0 Å². The van der Waals surface area contributed by atoms with Gasteiger partial charge >= 0.3 is 5.97 Å². The number of allylic oxidation sites excluding steroid dienone is 1. The van der Waals surface area contributed by atoms with Gasteiger partial charge in [-0.05, 0) is 56.0 Å². The number of sulfonamides is 1. The Bertz CT molecular complexity index is 1040. The third-order valence-electron chi connectivity index (χ3n) is 5.52. The van der Waals surface area contributed by atoms with Crippen LogP contribution < -0.4 is 4.72 Å². The Kier molecular flexibility index (Phi) is 8.48. The molecule has 1 aliphatic rings. The fraction of sp³-hybridized carbons (Fsp3) is 0.375.